The Balaban J connectivity index is 1.63. The Morgan fingerprint density at radius 2 is 1.73 bits per heavy atom. The van der Waals surface area contributed by atoms with E-state index in [4.69, 9.17) is 4.74 Å². The Labute approximate surface area is 197 Å². The third-order valence-corrected chi connectivity index (χ3v) is 6.07. The highest BCUT2D eigenvalue weighted by atomic mass is 127. The van der Waals surface area contributed by atoms with Crippen molar-refractivity contribution in [3.8, 4) is 0 Å². The van der Waals surface area contributed by atoms with Crippen molar-refractivity contribution in [3.63, 3.8) is 0 Å². The minimum absolute atomic E-state index is 0.0427. The number of aromatic nitrogens is 5. The highest BCUT2D eigenvalue weighted by Gasteiger charge is 2.44. The van der Waals surface area contributed by atoms with Gasteiger partial charge in [0.2, 0.25) is 5.82 Å². The molecule has 33 heavy (non-hydrogen) atoms. The van der Waals surface area contributed by atoms with Gasteiger partial charge in [-0.1, -0.05) is 33.9 Å². The van der Waals surface area contributed by atoms with E-state index < -0.39 is 59.8 Å². The van der Waals surface area contributed by atoms with E-state index in [2.05, 4.69) is 10.3 Å². The molecule has 10 nitrogen and oxygen atoms in total. The Hall–Kier alpha value is -2.56. The topological polar surface area (TPSA) is 124 Å². The number of aliphatic hydroxyl groups is 2. The van der Waals surface area contributed by atoms with E-state index in [9.17, 15) is 33.0 Å². The number of hydrogen-bond acceptors (Lipinski definition) is 7. The first-order valence-corrected chi connectivity index (χ1v) is 11.1. The van der Waals surface area contributed by atoms with Crippen LogP contribution in [0.1, 0.15) is 17.5 Å². The van der Waals surface area contributed by atoms with Crippen molar-refractivity contribution >= 4 is 22.6 Å². The van der Waals surface area contributed by atoms with Gasteiger partial charge in [0.15, 0.2) is 6.23 Å². The van der Waals surface area contributed by atoms with Crippen LogP contribution in [0, 0.1) is 17.5 Å². The van der Waals surface area contributed by atoms with Crippen LogP contribution in [-0.4, -0.2) is 57.1 Å². The lowest BCUT2D eigenvalue weighted by molar-refractivity contribution is -0.0348. The molecule has 4 atom stereocenters. The van der Waals surface area contributed by atoms with Gasteiger partial charge in [-0.25, -0.2) is 18.3 Å². The summed E-state index contributed by atoms with van der Waals surface area (Å²) in [5, 5.41) is 27.8. The van der Waals surface area contributed by atoms with Gasteiger partial charge in [0.1, 0.15) is 29.5 Å². The SMILES string of the molecule is O=c1c(F)cn(C2OC(CI)C(O)C2O)c(=O)n1Cc1cn(Cc2c(F)cccc2F)nn1. The lowest BCUT2D eigenvalue weighted by atomic mass is 10.1. The number of hydrogen-bond donors (Lipinski definition) is 2. The fraction of sp³-hybridized carbons (Fsp3) is 0.368. The van der Waals surface area contributed by atoms with Crippen molar-refractivity contribution in [2.24, 2.45) is 0 Å². The van der Waals surface area contributed by atoms with Crippen molar-refractivity contribution < 1.29 is 28.1 Å². The third kappa shape index (κ3) is 4.47. The molecule has 0 aliphatic carbocycles. The summed E-state index contributed by atoms with van der Waals surface area (Å²) in [6, 6.07) is 3.39. The normalized spacial score (nSPS) is 22.7. The predicted octanol–water partition coefficient (Wildman–Crippen LogP) is 0.170. The molecule has 0 radical (unpaired) electrons. The molecular weight excluding hydrogens is 562 g/mol. The van der Waals surface area contributed by atoms with Gasteiger partial charge in [0.05, 0.1) is 31.6 Å². The van der Waals surface area contributed by atoms with Crippen LogP contribution in [0.15, 0.2) is 40.2 Å². The summed E-state index contributed by atoms with van der Waals surface area (Å²) in [6.07, 6.45) is -3.17. The molecule has 2 aromatic heterocycles. The Morgan fingerprint density at radius 1 is 1.03 bits per heavy atom. The van der Waals surface area contributed by atoms with Crippen molar-refractivity contribution in [2.75, 3.05) is 4.43 Å². The number of alkyl halides is 1. The van der Waals surface area contributed by atoms with Crippen LogP contribution in [-0.2, 0) is 17.8 Å². The van der Waals surface area contributed by atoms with Crippen LogP contribution >= 0.6 is 22.6 Å². The molecule has 4 rings (SSSR count). The van der Waals surface area contributed by atoms with E-state index in [1.807, 2.05) is 22.6 Å². The van der Waals surface area contributed by atoms with Gasteiger partial charge in [-0.2, -0.15) is 4.39 Å². The number of benzene rings is 1. The van der Waals surface area contributed by atoms with E-state index in [0.29, 0.717) is 19.8 Å². The van der Waals surface area contributed by atoms with Crippen LogP contribution in [0.5, 0.6) is 0 Å². The van der Waals surface area contributed by atoms with E-state index in [1.54, 1.807) is 0 Å². The molecule has 14 heteroatoms. The maximum Gasteiger partial charge on any atom is 0.333 e. The fourth-order valence-corrected chi connectivity index (χ4v) is 4.22. The van der Waals surface area contributed by atoms with E-state index in [0.717, 1.165) is 16.8 Å². The molecule has 3 aromatic rings. The van der Waals surface area contributed by atoms with Crippen LogP contribution in [0.3, 0.4) is 0 Å². The van der Waals surface area contributed by atoms with Gasteiger partial charge in [-0.3, -0.25) is 13.9 Å². The average Bonchev–Trinajstić information content (AvgIpc) is 3.35. The maximum absolute atomic E-state index is 14.3. The molecule has 4 unspecified atom stereocenters. The second-order valence-electron chi connectivity index (χ2n) is 7.37. The van der Waals surface area contributed by atoms with Crippen molar-refractivity contribution in [3.05, 3.63) is 80.1 Å². The Kier molecular flexibility index (Phi) is 6.69. The van der Waals surface area contributed by atoms with Crippen LogP contribution in [0.2, 0.25) is 0 Å². The van der Waals surface area contributed by atoms with Crippen molar-refractivity contribution in [2.45, 2.75) is 37.6 Å². The molecule has 176 valence electrons. The Bertz CT molecular complexity index is 1280. The zero-order valence-corrected chi connectivity index (χ0v) is 18.8. The molecule has 1 fully saturated rings. The van der Waals surface area contributed by atoms with E-state index in [1.165, 1.54) is 12.3 Å². The molecule has 3 heterocycles. The van der Waals surface area contributed by atoms with Crippen LogP contribution < -0.4 is 11.2 Å². The highest BCUT2D eigenvalue weighted by Crippen LogP contribution is 2.29. The van der Waals surface area contributed by atoms with Gasteiger partial charge < -0.3 is 14.9 Å². The van der Waals surface area contributed by atoms with E-state index >= 15 is 0 Å². The first-order valence-electron chi connectivity index (χ1n) is 9.62. The highest BCUT2D eigenvalue weighted by molar-refractivity contribution is 14.1. The van der Waals surface area contributed by atoms with Crippen LogP contribution in [0.4, 0.5) is 13.2 Å². The monoisotopic (exact) mass is 579 g/mol. The summed E-state index contributed by atoms with van der Waals surface area (Å²) in [4.78, 5) is 25.2. The summed E-state index contributed by atoms with van der Waals surface area (Å²) in [5.74, 6) is -2.85. The third-order valence-electron chi connectivity index (χ3n) is 5.21. The second kappa shape index (κ2) is 9.36. The molecule has 0 spiro atoms. The largest absolute Gasteiger partial charge is 0.387 e. The second-order valence-corrected chi connectivity index (χ2v) is 8.25. The minimum Gasteiger partial charge on any atom is -0.387 e. The van der Waals surface area contributed by atoms with Gasteiger partial charge in [-0.15, -0.1) is 5.10 Å². The number of rotatable bonds is 6. The quantitative estimate of drug-likeness (QED) is 0.315. The molecule has 1 saturated heterocycles. The number of nitrogens with zero attached hydrogens (tertiary/aromatic N) is 5. The average molecular weight is 579 g/mol. The standard InChI is InChI=1S/C19H17F3IN5O5/c20-11-2-1-3-12(21)10(11)7-26-5-9(24-25-26)6-27-17(31)13(22)8-28(19(27)32)18-16(30)15(29)14(4-23)33-18/h1-3,5,8,14-16,18,29-30H,4,6-7H2. The lowest BCUT2D eigenvalue weighted by Gasteiger charge is -2.18. The van der Waals surface area contributed by atoms with E-state index in [-0.39, 0.29) is 17.8 Å². The van der Waals surface area contributed by atoms with Gasteiger partial charge in [0, 0.05) is 9.99 Å². The molecule has 1 aliphatic rings. The summed E-state index contributed by atoms with van der Waals surface area (Å²) in [5.41, 5.74) is -2.47. The predicted molar refractivity (Wildman–Crippen MR) is 114 cm³/mol. The molecule has 2 N–H and O–H groups in total. The Morgan fingerprint density at radius 3 is 2.36 bits per heavy atom. The molecule has 1 aliphatic heterocycles. The van der Waals surface area contributed by atoms with Gasteiger partial charge in [0.25, 0.3) is 5.56 Å². The molecule has 0 saturated carbocycles. The minimum atomic E-state index is -1.52. The molecular formula is C19H17F3IN5O5. The number of halogens is 4. The van der Waals surface area contributed by atoms with Gasteiger partial charge >= 0.3 is 5.69 Å². The summed E-state index contributed by atoms with van der Waals surface area (Å²) in [7, 11) is 0. The molecule has 1 aromatic carbocycles. The van der Waals surface area contributed by atoms with Gasteiger partial charge in [-0.05, 0) is 12.1 Å². The maximum atomic E-state index is 14.3. The summed E-state index contributed by atoms with van der Waals surface area (Å²) < 4.78 is 50.1. The molecule has 0 amide bonds. The van der Waals surface area contributed by atoms with Crippen molar-refractivity contribution in [1.82, 2.24) is 24.1 Å². The summed E-state index contributed by atoms with van der Waals surface area (Å²) >= 11 is 1.92. The zero-order chi connectivity index (χ0) is 23.9. The van der Waals surface area contributed by atoms with Crippen LogP contribution in [0.25, 0.3) is 0 Å². The number of aliphatic hydroxyl groups excluding tert-OH is 2. The first-order chi connectivity index (χ1) is 15.7. The smallest absolute Gasteiger partial charge is 0.333 e. The first kappa shape index (κ1) is 23.6. The fourth-order valence-electron chi connectivity index (χ4n) is 3.49. The summed E-state index contributed by atoms with van der Waals surface area (Å²) in [6.45, 7) is -0.804. The zero-order valence-electron chi connectivity index (χ0n) is 16.7. The number of ether oxygens (including phenoxy) is 1. The lowest BCUT2D eigenvalue weighted by Crippen LogP contribution is -2.44. The van der Waals surface area contributed by atoms with Crippen molar-refractivity contribution in [1.29, 1.82) is 0 Å². The molecule has 0 bridgehead atoms.